The maximum absolute atomic E-state index is 14.5. The fourth-order valence-corrected chi connectivity index (χ4v) is 3.44. The Hall–Kier alpha value is -3.04. The van der Waals surface area contributed by atoms with Crippen LogP contribution < -0.4 is 20.1 Å². The number of benzene rings is 2. The molecule has 1 unspecified atom stereocenters. The lowest BCUT2D eigenvalue weighted by Crippen LogP contribution is -2.42. The van der Waals surface area contributed by atoms with Crippen LogP contribution in [0, 0.1) is 5.82 Å². The van der Waals surface area contributed by atoms with Crippen LogP contribution in [0.25, 0.3) is 10.9 Å². The van der Waals surface area contributed by atoms with Crippen LogP contribution in [0.5, 0.6) is 11.5 Å². The van der Waals surface area contributed by atoms with E-state index in [1.165, 1.54) is 18.5 Å². The summed E-state index contributed by atoms with van der Waals surface area (Å²) in [5.74, 6) is 0.595. The quantitative estimate of drug-likeness (QED) is 0.463. The zero-order chi connectivity index (χ0) is 23.8. The molecule has 2 N–H and O–H groups in total. The van der Waals surface area contributed by atoms with E-state index in [1.54, 1.807) is 32.9 Å². The molecule has 3 aromatic rings. The van der Waals surface area contributed by atoms with Gasteiger partial charge in [-0.1, -0.05) is 23.2 Å². The first-order chi connectivity index (χ1) is 15.6. The van der Waals surface area contributed by atoms with Gasteiger partial charge in [0.25, 0.3) is 0 Å². The molecule has 1 aromatic heterocycles. The number of halogens is 3. The van der Waals surface area contributed by atoms with Crippen LogP contribution >= 0.6 is 23.2 Å². The summed E-state index contributed by atoms with van der Waals surface area (Å²) in [6, 6.07) is 6.36. The Kier molecular flexibility index (Phi) is 6.36. The highest BCUT2D eigenvalue weighted by molar-refractivity contribution is 6.42. The summed E-state index contributed by atoms with van der Waals surface area (Å²) in [4.78, 5) is 20.4. The molecule has 0 aliphatic carbocycles. The molecule has 4 rings (SSSR count). The minimum Gasteiger partial charge on any atom is -0.486 e. The predicted octanol–water partition coefficient (Wildman–Crippen LogP) is 5.48. The molecule has 33 heavy (non-hydrogen) atoms. The van der Waals surface area contributed by atoms with Crippen molar-refractivity contribution in [2.45, 2.75) is 32.5 Å². The van der Waals surface area contributed by atoms with Gasteiger partial charge in [0, 0.05) is 11.5 Å². The minimum absolute atomic E-state index is 0.109. The summed E-state index contributed by atoms with van der Waals surface area (Å²) >= 11 is 11.8. The number of alkyl carbamates (subject to hydrolysis) is 1. The maximum Gasteiger partial charge on any atom is 0.407 e. The first kappa shape index (κ1) is 23.1. The molecule has 8 nitrogen and oxygen atoms in total. The number of nitrogens with zero attached hydrogens (tertiary/aromatic N) is 2. The molecule has 0 bridgehead atoms. The molecule has 2 aromatic carbocycles. The van der Waals surface area contributed by atoms with Gasteiger partial charge in [-0.2, -0.15) is 0 Å². The van der Waals surface area contributed by atoms with Crippen molar-refractivity contribution >= 4 is 51.7 Å². The lowest BCUT2D eigenvalue weighted by atomic mass is 10.2. The smallest absolute Gasteiger partial charge is 0.407 e. The van der Waals surface area contributed by atoms with E-state index in [-0.39, 0.29) is 28.9 Å². The lowest BCUT2D eigenvalue weighted by Gasteiger charge is -2.27. The molecular weight excluding hydrogens is 474 g/mol. The number of ether oxygens (including phenoxy) is 3. The highest BCUT2D eigenvalue weighted by Gasteiger charge is 2.25. The Morgan fingerprint density at radius 3 is 2.79 bits per heavy atom. The van der Waals surface area contributed by atoms with Gasteiger partial charge in [-0.05, 0) is 39.0 Å². The van der Waals surface area contributed by atoms with Crippen LogP contribution in [-0.4, -0.2) is 40.9 Å². The average molecular weight is 495 g/mol. The fraction of sp³-hybridized carbons (Fsp3) is 0.318. The van der Waals surface area contributed by atoms with Crippen molar-refractivity contribution in [3.05, 3.63) is 46.5 Å². The normalized spacial score (nSPS) is 15.3. The second kappa shape index (κ2) is 9.07. The molecule has 0 spiro atoms. The molecule has 0 saturated carbocycles. The Balaban J connectivity index is 1.55. The van der Waals surface area contributed by atoms with E-state index in [9.17, 15) is 9.18 Å². The zero-order valence-corrected chi connectivity index (χ0v) is 19.6. The maximum atomic E-state index is 14.5. The van der Waals surface area contributed by atoms with E-state index >= 15 is 0 Å². The lowest BCUT2D eigenvalue weighted by molar-refractivity contribution is 0.0453. The molecule has 1 aliphatic rings. The van der Waals surface area contributed by atoms with Crippen LogP contribution in [0.4, 0.5) is 20.7 Å². The number of fused-ring (bicyclic) bond motifs is 2. The van der Waals surface area contributed by atoms with Gasteiger partial charge in [0.2, 0.25) is 0 Å². The Morgan fingerprint density at radius 2 is 2.03 bits per heavy atom. The molecule has 0 fully saturated rings. The Bertz CT molecular complexity index is 1220. The van der Waals surface area contributed by atoms with Gasteiger partial charge in [0.15, 0.2) is 23.4 Å². The number of amides is 1. The van der Waals surface area contributed by atoms with E-state index in [0.29, 0.717) is 28.2 Å². The van der Waals surface area contributed by atoms with E-state index < -0.39 is 23.6 Å². The number of carbonyl (C=O) groups is 1. The van der Waals surface area contributed by atoms with Gasteiger partial charge in [0.1, 0.15) is 24.4 Å². The third-order valence-electron chi connectivity index (χ3n) is 4.58. The second-order valence-electron chi connectivity index (χ2n) is 8.32. The second-order valence-corrected chi connectivity index (χ2v) is 9.11. The van der Waals surface area contributed by atoms with Gasteiger partial charge in [0.05, 0.1) is 27.8 Å². The van der Waals surface area contributed by atoms with E-state index in [4.69, 9.17) is 37.4 Å². The monoisotopic (exact) mass is 494 g/mol. The van der Waals surface area contributed by atoms with Crippen LogP contribution in [-0.2, 0) is 4.74 Å². The van der Waals surface area contributed by atoms with Crippen molar-refractivity contribution < 1.29 is 23.4 Å². The third kappa shape index (κ3) is 5.31. The summed E-state index contributed by atoms with van der Waals surface area (Å²) in [7, 11) is 0. The summed E-state index contributed by atoms with van der Waals surface area (Å²) in [6.07, 6.45) is 0.374. The van der Waals surface area contributed by atoms with Crippen molar-refractivity contribution in [1.29, 1.82) is 0 Å². The summed E-state index contributed by atoms with van der Waals surface area (Å²) < 4.78 is 31.5. The topological polar surface area (TPSA) is 94.6 Å². The largest absolute Gasteiger partial charge is 0.486 e. The first-order valence-electron chi connectivity index (χ1n) is 10.1. The standard InChI is InChI=1S/C22H21Cl2FN4O4/c1-22(2,3)33-21(30)26-8-11-9-31-16-7-15-12(6-17(16)32-11)20(28-10-27-15)29-14-5-4-13(23)18(24)19(14)25/h4-7,10-11H,8-9H2,1-3H3,(H,26,30)(H,27,28,29). The van der Waals surface area contributed by atoms with Gasteiger partial charge in [-0.3, -0.25) is 0 Å². The summed E-state index contributed by atoms with van der Waals surface area (Å²) in [6.45, 7) is 5.78. The summed E-state index contributed by atoms with van der Waals surface area (Å²) in [5, 5.41) is 6.09. The third-order valence-corrected chi connectivity index (χ3v) is 5.36. The summed E-state index contributed by atoms with van der Waals surface area (Å²) in [5.41, 5.74) is 0.0795. The Morgan fingerprint density at radius 1 is 1.24 bits per heavy atom. The predicted molar refractivity (Wildman–Crippen MR) is 123 cm³/mol. The molecule has 0 radical (unpaired) electrons. The number of hydrogen-bond donors (Lipinski definition) is 2. The van der Waals surface area contributed by atoms with Gasteiger partial charge < -0.3 is 24.8 Å². The van der Waals surface area contributed by atoms with Crippen LogP contribution in [0.15, 0.2) is 30.6 Å². The molecule has 0 saturated heterocycles. The average Bonchev–Trinajstić information content (AvgIpc) is 2.75. The van der Waals surface area contributed by atoms with Crippen molar-refractivity contribution in [1.82, 2.24) is 15.3 Å². The highest BCUT2D eigenvalue weighted by atomic mass is 35.5. The number of hydrogen-bond acceptors (Lipinski definition) is 7. The molecule has 11 heteroatoms. The number of anilines is 2. The molecule has 1 atom stereocenters. The SMILES string of the molecule is CC(C)(C)OC(=O)NCC1COc2cc3ncnc(Nc4ccc(Cl)c(Cl)c4F)c3cc2O1. The van der Waals surface area contributed by atoms with E-state index in [0.717, 1.165) is 0 Å². The fourth-order valence-electron chi connectivity index (χ4n) is 3.13. The Labute approximate surface area is 199 Å². The minimum atomic E-state index is -0.693. The van der Waals surface area contributed by atoms with Gasteiger partial charge in [-0.15, -0.1) is 0 Å². The number of nitrogens with one attached hydrogen (secondary N) is 2. The van der Waals surface area contributed by atoms with E-state index in [2.05, 4.69) is 20.6 Å². The van der Waals surface area contributed by atoms with Crippen molar-refractivity contribution in [3.8, 4) is 11.5 Å². The van der Waals surface area contributed by atoms with Crippen molar-refractivity contribution in [2.75, 3.05) is 18.5 Å². The molecule has 2 heterocycles. The first-order valence-corrected chi connectivity index (χ1v) is 10.8. The van der Waals surface area contributed by atoms with Crippen LogP contribution in [0.3, 0.4) is 0 Å². The van der Waals surface area contributed by atoms with Crippen molar-refractivity contribution in [3.63, 3.8) is 0 Å². The van der Waals surface area contributed by atoms with Crippen LogP contribution in [0.2, 0.25) is 10.0 Å². The number of carbonyl (C=O) groups excluding carboxylic acids is 1. The molecule has 174 valence electrons. The zero-order valence-electron chi connectivity index (χ0n) is 18.0. The van der Waals surface area contributed by atoms with Gasteiger partial charge in [-0.25, -0.2) is 19.2 Å². The molecular formula is C22H21Cl2FN4O4. The number of aromatic nitrogens is 2. The number of rotatable bonds is 4. The van der Waals surface area contributed by atoms with Crippen molar-refractivity contribution in [2.24, 2.45) is 0 Å². The molecule has 1 amide bonds. The van der Waals surface area contributed by atoms with Gasteiger partial charge >= 0.3 is 6.09 Å². The highest BCUT2D eigenvalue weighted by Crippen LogP contribution is 2.38. The van der Waals surface area contributed by atoms with Crippen LogP contribution in [0.1, 0.15) is 20.8 Å². The van der Waals surface area contributed by atoms with E-state index in [1.807, 2.05) is 0 Å². The molecule has 1 aliphatic heterocycles.